The number of nitrogens with zero attached hydrogens (tertiary/aromatic N) is 5. The molecular weight excluding hydrogens is 382 g/mol. The molecule has 0 aromatic carbocycles. The summed E-state index contributed by atoms with van der Waals surface area (Å²) < 4.78 is 0. The smallest absolute Gasteiger partial charge is 0.222 e. The second-order valence-electron chi connectivity index (χ2n) is 8.13. The van der Waals surface area contributed by atoms with Crippen molar-refractivity contribution in [2.45, 2.75) is 59.4 Å². The van der Waals surface area contributed by atoms with E-state index >= 15 is 0 Å². The molecule has 2 aliphatic rings. The van der Waals surface area contributed by atoms with Gasteiger partial charge in [0.25, 0.3) is 0 Å². The number of thiophene rings is 1. The maximum absolute atomic E-state index is 12.3. The van der Waals surface area contributed by atoms with Crippen LogP contribution >= 0.6 is 11.3 Å². The summed E-state index contributed by atoms with van der Waals surface area (Å²) in [5.41, 5.74) is 1.47. The first-order chi connectivity index (χ1) is 14.1. The minimum absolute atomic E-state index is 0.291. The third-order valence-corrected chi connectivity index (χ3v) is 7.23. The van der Waals surface area contributed by atoms with Crippen molar-refractivity contribution in [3.8, 4) is 0 Å². The molecule has 2 aromatic heterocycles. The van der Waals surface area contributed by atoms with Gasteiger partial charge in [-0.15, -0.1) is 11.3 Å². The van der Waals surface area contributed by atoms with Crippen molar-refractivity contribution in [1.29, 1.82) is 0 Å². The normalized spacial score (nSPS) is 17.8. The first-order valence-electron chi connectivity index (χ1n) is 11.2. The lowest BCUT2D eigenvalue weighted by Gasteiger charge is -2.36. The average Bonchev–Trinajstić information content (AvgIpc) is 3.11. The number of piperazine rings is 1. The molecule has 7 heteroatoms. The van der Waals surface area contributed by atoms with Gasteiger partial charge in [0, 0.05) is 57.0 Å². The molecule has 0 spiro atoms. The Morgan fingerprint density at radius 2 is 1.83 bits per heavy atom. The second kappa shape index (κ2) is 8.96. The van der Waals surface area contributed by atoms with Gasteiger partial charge in [-0.25, -0.2) is 9.97 Å². The van der Waals surface area contributed by atoms with E-state index in [1.165, 1.54) is 15.8 Å². The molecular formula is C22H33N5OS. The number of hydrogen-bond acceptors (Lipinski definition) is 6. The lowest BCUT2D eigenvalue weighted by molar-refractivity contribution is -0.131. The summed E-state index contributed by atoms with van der Waals surface area (Å²) in [4.78, 5) is 31.8. The molecule has 0 aliphatic carbocycles. The standard InChI is InChI=1S/C22H33N5OS/c1-4-7-18-23-21(27-13-11-26(12-14-27)19(28)8-5-2)20-16-9-10-25(6-3)15-17(16)29-22(20)24-18/h4-15H2,1-3H3. The maximum Gasteiger partial charge on any atom is 0.222 e. The van der Waals surface area contributed by atoms with Gasteiger partial charge in [-0.1, -0.05) is 20.8 Å². The lowest BCUT2D eigenvalue weighted by atomic mass is 10.0. The predicted octanol–water partition coefficient (Wildman–Crippen LogP) is 3.47. The molecule has 0 bridgehead atoms. The van der Waals surface area contributed by atoms with Crippen LogP contribution in [0.3, 0.4) is 0 Å². The molecule has 4 heterocycles. The van der Waals surface area contributed by atoms with Crippen molar-refractivity contribution in [3.05, 3.63) is 16.3 Å². The van der Waals surface area contributed by atoms with Crippen molar-refractivity contribution in [2.24, 2.45) is 0 Å². The van der Waals surface area contributed by atoms with Crippen molar-refractivity contribution < 1.29 is 4.79 Å². The van der Waals surface area contributed by atoms with Crippen LogP contribution in [0.15, 0.2) is 0 Å². The zero-order valence-electron chi connectivity index (χ0n) is 18.0. The Balaban J connectivity index is 1.66. The molecule has 158 valence electrons. The maximum atomic E-state index is 12.3. The Morgan fingerprint density at radius 1 is 1.03 bits per heavy atom. The zero-order chi connectivity index (χ0) is 20.4. The number of amides is 1. The molecule has 1 fully saturated rings. The van der Waals surface area contributed by atoms with E-state index in [-0.39, 0.29) is 0 Å². The fraction of sp³-hybridized carbons (Fsp3) is 0.682. The highest BCUT2D eigenvalue weighted by Crippen LogP contribution is 2.39. The van der Waals surface area contributed by atoms with Gasteiger partial charge in [0.1, 0.15) is 16.5 Å². The van der Waals surface area contributed by atoms with E-state index < -0.39 is 0 Å². The van der Waals surface area contributed by atoms with Crippen molar-refractivity contribution >= 4 is 33.3 Å². The quantitative estimate of drug-likeness (QED) is 0.723. The van der Waals surface area contributed by atoms with Crippen LogP contribution in [0.4, 0.5) is 5.82 Å². The molecule has 0 N–H and O–H groups in total. The summed E-state index contributed by atoms with van der Waals surface area (Å²) in [6.45, 7) is 13.1. The van der Waals surface area contributed by atoms with Crippen LogP contribution in [-0.2, 0) is 24.2 Å². The highest BCUT2D eigenvalue weighted by Gasteiger charge is 2.28. The summed E-state index contributed by atoms with van der Waals surface area (Å²) >= 11 is 1.87. The number of aromatic nitrogens is 2. The Kier molecular flexibility index (Phi) is 6.35. The molecule has 0 radical (unpaired) electrons. The van der Waals surface area contributed by atoms with Crippen molar-refractivity contribution in [2.75, 3.05) is 44.2 Å². The Labute approximate surface area is 177 Å². The van der Waals surface area contributed by atoms with Crippen LogP contribution in [0, 0.1) is 0 Å². The highest BCUT2D eigenvalue weighted by atomic mass is 32.1. The van der Waals surface area contributed by atoms with E-state index in [0.29, 0.717) is 12.3 Å². The number of carbonyl (C=O) groups excluding carboxylic acids is 1. The van der Waals surface area contributed by atoms with Crippen LogP contribution < -0.4 is 4.90 Å². The molecule has 6 nitrogen and oxygen atoms in total. The fourth-order valence-electron chi connectivity index (χ4n) is 4.45. The summed E-state index contributed by atoms with van der Waals surface area (Å²) in [6, 6.07) is 0. The molecule has 4 rings (SSSR count). The van der Waals surface area contributed by atoms with E-state index in [9.17, 15) is 4.79 Å². The average molecular weight is 416 g/mol. The highest BCUT2D eigenvalue weighted by molar-refractivity contribution is 7.19. The fourth-order valence-corrected chi connectivity index (χ4v) is 5.72. The Hall–Kier alpha value is -1.73. The molecule has 1 amide bonds. The van der Waals surface area contributed by atoms with Gasteiger partial charge >= 0.3 is 0 Å². The van der Waals surface area contributed by atoms with E-state index in [2.05, 4.69) is 30.6 Å². The minimum atomic E-state index is 0.291. The monoisotopic (exact) mass is 415 g/mol. The van der Waals surface area contributed by atoms with Gasteiger partial charge in [-0.3, -0.25) is 9.69 Å². The first-order valence-corrected chi connectivity index (χ1v) is 12.0. The number of rotatable bonds is 6. The molecule has 0 saturated carbocycles. The number of likely N-dealkylation sites (N-methyl/N-ethyl adjacent to an activating group) is 1. The molecule has 0 atom stereocenters. The van der Waals surface area contributed by atoms with Gasteiger partial charge in [-0.2, -0.15) is 0 Å². The van der Waals surface area contributed by atoms with Crippen molar-refractivity contribution in [3.63, 3.8) is 0 Å². The van der Waals surface area contributed by atoms with Crippen LogP contribution in [0.25, 0.3) is 10.2 Å². The van der Waals surface area contributed by atoms with Gasteiger partial charge in [0.05, 0.1) is 5.39 Å². The lowest BCUT2D eigenvalue weighted by Crippen LogP contribution is -2.49. The largest absolute Gasteiger partial charge is 0.352 e. The van der Waals surface area contributed by atoms with Crippen LogP contribution in [-0.4, -0.2) is 64.9 Å². The molecule has 0 unspecified atom stereocenters. The number of carbonyl (C=O) groups is 1. The topological polar surface area (TPSA) is 52.6 Å². The van der Waals surface area contributed by atoms with Crippen LogP contribution in [0.5, 0.6) is 0 Å². The van der Waals surface area contributed by atoms with E-state index in [1.807, 2.05) is 16.2 Å². The predicted molar refractivity (Wildman–Crippen MR) is 120 cm³/mol. The van der Waals surface area contributed by atoms with Gasteiger partial charge < -0.3 is 9.80 Å². The zero-order valence-corrected chi connectivity index (χ0v) is 18.9. The molecule has 2 aliphatic heterocycles. The molecule has 2 aromatic rings. The molecule has 29 heavy (non-hydrogen) atoms. The second-order valence-corrected chi connectivity index (χ2v) is 9.22. The summed E-state index contributed by atoms with van der Waals surface area (Å²) in [6.07, 6.45) is 4.63. The number of fused-ring (bicyclic) bond motifs is 3. The minimum Gasteiger partial charge on any atom is -0.352 e. The number of hydrogen-bond donors (Lipinski definition) is 0. The number of aryl methyl sites for hydroxylation is 1. The third kappa shape index (κ3) is 4.12. The van der Waals surface area contributed by atoms with Gasteiger partial charge in [0.15, 0.2) is 0 Å². The van der Waals surface area contributed by atoms with Crippen LogP contribution in [0.1, 0.15) is 56.3 Å². The number of anilines is 1. The Bertz CT molecular complexity index is 872. The van der Waals surface area contributed by atoms with Gasteiger partial charge in [0.2, 0.25) is 5.91 Å². The van der Waals surface area contributed by atoms with Crippen molar-refractivity contribution in [1.82, 2.24) is 19.8 Å². The third-order valence-electron chi connectivity index (χ3n) is 6.12. The first kappa shape index (κ1) is 20.5. The van der Waals surface area contributed by atoms with Gasteiger partial charge in [-0.05, 0) is 31.4 Å². The SMILES string of the molecule is CCCC(=O)N1CCN(c2nc(CCC)nc3sc4c(c23)CCN(CC)C4)CC1. The summed E-state index contributed by atoms with van der Waals surface area (Å²) in [7, 11) is 0. The van der Waals surface area contributed by atoms with E-state index in [4.69, 9.17) is 9.97 Å². The summed E-state index contributed by atoms with van der Waals surface area (Å²) in [5, 5.41) is 1.29. The Morgan fingerprint density at radius 3 is 2.52 bits per heavy atom. The van der Waals surface area contributed by atoms with Crippen LogP contribution in [0.2, 0.25) is 0 Å². The summed E-state index contributed by atoms with van der Waals surface area (Å²) in [5.74, 6) is 2.37. The van der Waals surface area contributed by atoms with E-state index in [1.54, 1.807) is 0 Å². The molecule has 1 saturated heterocycles. The van der Waals surface area contributed by atoms with E-state index in [0.717, 1.165) is 88.0 Å².